The van der Waals surface area contributed by atoms with Crippen LogP contribution in [0.5, 0.6) is 0 Å². The molecule has 40 heavy (non-hydrogen) atoms. The van der Waals surface area contributed by atoms with Crippen molar-refractivity contribution in [2.45, 2.75) is 38.3 Å². The number of hydrogen-bond acceptors (Lipinski definition) is 6. The van der Waals surface area contributed by atoms with Crippen LogP contribution in [0.2, 0.25) is 0 Å². The summed E-state index contributed by atoms with van der Waals surface area (Å²) in [6.07, 6.45) is 8.52. The number of pyridine rings is 1. The minimum absolute atomic E-state index is 0.00896. The maximum absolute atomic E-state index is 15.0. The molecule has 2 fully saturated rings. The summed E-state index contributed by atoms with van der Waals surface area (Å²) in [5.74, 6) is 0.421. The number of aromatic amines is 1. The number of rotatable bonds is 5. The van der Waals surface area contributed by atoms with Gasteiger partial charge in [-0.3, -0.25) is 14.3 Å². The van der Waals surface area contributed by atoms with E-state index in [0.717, 1.165) is 42.7 Å². The lowest BCUT2D eigenvalue weighted by Crippen LogP contribution is -2.41. The normalized spacial score (nSPS) is 16.4. The number of hydrogen-bond donors (Lipinski definition) is 1. The van der Waals surface area contributed by atoms with Gasteiger partial charge in [-0.25, -0.2) is 24.1 Å². The molecule has 0 saturated carbocycles. The highest BCUT2D eigenvalue weighted by atomic mass is 19.1. The van der Waals surface area contributed by atoms with E-state index in [9.17, 15) is 14.0 Å². The molecule has 1 aromatic carbocycles. The SMILES string of the molecule is O=C(Cn1cc(-c2ccccc2F)c2c(N3CCCC3)ncnc21)N1CCC(n2c(=O)[nH]c3ncccc32)CC1. The van der Waals surface area contributed by atoms with Gasteiger partial charge in [-0.05, 0) is 43.9 Å². The van der Waals surface area contributed by atoms with E-state index < -0.39 is 0 Å². The number of fused-ring (bicyclic) bond motifs is 2. The Balaban J connectivity index is 1.17. The number of carbonyl (C=O) groups is 1. The number of likely N-dealkylation sites (tertiary alicyclic amines) is 1. The maximum Gasteiger partial charge on any atom is 0.327 e. The molecule has 1 amide bonds. The fourth-order valence-corrected chi connectivity index (χ4v) is 6.22. The zero-order valence-corrected chi connectivity index (χ0v) is 22.0. The number of carbonyl (C=O) groups excluding carboxylic acids is 1. The summed E-state index contributed by atoms with van der Waals surface area (Å²) in [5.41, 5.74) is 2.96. The summed E-state index contributed by atoms with van der Waals surface area (Å²) in [4.78, 5) is 46.4. The largest absolute Gasteiger partial charge is 0.356 e. The molecular weight excluding hydrogens is 511 g/mol. The number of halogens is 1. The van der Waals surface area contributed by atoms with Crippen molar-refractivity contribution in [2.75, 3.05) is 31.1 Å². The maximum atomic E-state index is 15.0. The number of piperidine rings is 1. The Bertz CT molecular complexity index is 1780. The van der Waals surface area contributed by atoms with Crippen LogP contribution in [-0.4, -0.2) is 66.1 Å². The van der Waals surface area contributed by atoms with Crippen molar-refractivity contribution in [2.24, 2.45) is 0 Å². The number of aromatic nitrogens is 6. The average molecular weight is 541 g/mol. The van der Waals surface area contributed by atoms with Crippen LogP contribution in [0.4, 0.5) is 10.2 Å². The lowest BCUT2D eigenvalue weighted by molar-refractivity contribution is -0.133. The van der Waals surface area contributed by atoms with Crippen LogP contribution in [0, 0.1) is 5.82 Å². The second-order valence-corrected chi connectivity index (χ2v) is 10.5. The van der Waals surface area contributed by atoms with E-state index in [4.69, 9.17) is 0 Å². The second kappa shape index (κ2) is 9.89. The minimum atomic E-state index is -0.325. The third-order valence-electron chi connectivity index (χ3n) is 8.18. The Kier molecular flexibility index (Phi) is 6.06. The predicted octanol–water partition coefficient (Wildman–Crippen LogP) is 3.74. The first-order valence-electron chi connectivity index (χ1n) is 13.7. The Labute approximate surface area is 229 Å². The third kappa shape index (κ3) is 4.12. The highest BCUT2D eigenvalue weighted by Crippen LogP contribution is 2.37. The molecule has 11 heteroatoms. The van der Waals surface area contributed by atoms with Crippen LogP contribution in [0.25, 0.3) is 33.3 Å². The number of benzene rings is 1. The Morgan fingerprint density at radius 2 is 1.77 bits per heavy atom. The fraction of sp³-hybridized carbons (Fsp3) is 0.345. The predicted molar refractivity (Wildman–Crippen MR) is 150 cm³/mol. The molecule has 10 nitrogen and oxygen atoms in total. The fourth-order valence-electron chi connectivity index (χ4n) is 6.22. The van der Waals surface area contributed by atoms with Gasteiger partial charge in [0.15, 0.2) is 5.65 Å². The minimum Gasteiger partial charge on any atom is -0.356 e. The summed E-state index contributed by atoms with van der Waals surface area (Å²) >= 11 is 0. The third-order valence-corrected chi connectivity index (χ3v) is 8.18. The molecule has 5 aromatic rings. The number of nitrogens with one attached hydrogen (secondary N) is 1. The van der Waals surface area contributed by atoms with Crippen LogP contribution in [0.1, 0.15) is 31.7 Å². The molecule has 0 unspecified atom stereocenters. The van der Waals surface area contributed by atoms with Crippen molar-refractivity contribution in [1.82, 2.24) is 34.0 Å². The first-order chi connectivity index (χ1) is 19.6. The van der Waals surface area contributed by atoms with Crippen molar-refractivity contribution in [1.29, 1.82) is 0 Å². The number of H-pyrrole nitrogens is 1. The number of imidazole rings is 1. The van der Waals surface area contributed by atoms with Crippen molar-refractivity contribution in [3.8, 4) is 11.1 Å². The van der Waals surface area contributed by atoms with Gasteiger partial charge in [-0.2, -0.15) is 0 Å². The van der Waals surface area contributed by atoms with Gasteiger partial charge in [0, 0.05) is 55.7 Å². The van der Waals surface area contributed by atoms with E-state index in [1.165, 1.54) is 12.4 Å². The standard InChI is InChI=1S/C29H29FN8O2/c30-22-7-2-1-6-20(22)21-16-37(28-25(21)27(32-18-33-28)36-12-3-4-13-36)17-24(39)35-14-9-19(10-15-35)38-23-8-5-11-31-26(23)34-29(38)40/h1-2,5-8,11,16,18-19H,3-4,9-10,12-15,17H2,(H,31,34,40). The van der Waals surface area contributed by atoms with Gasteiger partial charge in [0.2, 0.25) is 5.91 Å². The van der Waals surface area contributed by atoms with Crippen molar-refractivity contribution in [3.63, 3.8) is 0 Å². The lowest BCUT2D eigenvalue weighted by atomic mass is 10.0. The van der Waals surface area contributed by atoms with Crippen LogP contribution in [-0.2, 0) is 11.3 Å². The van der Waals surface area contributed by atoms with E-state index in [-0.39, 0.29) is 30.0 Å². The molecule has 7 rings (SSSR count). The van der Waals surface area contributed by atoms with E-state index in [0.29, 0.717) is 48.4 Å². The topological polar surface area (TPSA) is 105 Å². The van der Waals surface area contributed by atoms with Gasteiger partial charge in [0.25, 0.3) is 0 Å². The van der Waals surface area contributed by atoms with Crippen LogP contribution in [0.3, 0.4) is 0 Å². The highest BCUT2D eigenvalue weighted by molar-refractivity contribution is 6.02. The molecule has 6 heterocycles. The highest BCUT2D eigenvalue weighted by Gasteiger charge is 2.28. The van der Waals surface area contributed by atoms with E-state index in [2.05, 4.69) is 24.8 Å². The molecule has 0 atom stereocenters. The Morgan fingerprint density at radius 1 is 0.975 bits per heavy atom. The Hall–Kier alpha value is -4.54. The molecule has 0 aliphatic carbocycles. The number of amides is 1. The van der Waals surface area contributed by atoms with Gasteiger partial charge >= 0.3 is 5.69 Å². The number of anilines is 1. The monoisotopic (exact) mass is 540 g/mol. The molecule has 1 N–H and O–H groups in total. The van der Waals surface area contributed by atoms with Gasteiger partial charge < -0.3 is 14.4 Å². The summed E-state index contributed by atoms with van der Waals surface area (Å²) < 4.78 is 18.6. The average Bonchev–Trinajstić information content (AvgIpc) is 3.71. The van der Waals surface area contributed by atoms with E-state index >= 15 is 0 Å². The second-order valence-electron chi connectivity index (χ2n) is 10.5. The van der Waals surface area contributed by atoms with Crippen molar-refractivity contribution in [3.05, 3.63) is 71.4 Å². The van der Waals surface area contributed by atoms with E-state index in [1.807, 2.05) is 33.9 Å². The van der Waals surface area contributed by atoms with Crippen LogP contribution >= 0.6 is 0 Å². The molecule has 0 bridgehead atoms. The quantitative estimate of drug-likeness (QED) is 0.364. The number of nitrogens with zero attached hydrogens (tertiary/aromatic N) is 7. The molecular formula is C29H29FN8O2. The Morgan fingerprint density at radius 3 is 2.58 bits per heavy atom. The van der Waals surface area contributed by atoms with Crippen LogP contribution < -0.4 is 10.6 Å². The molecule has 0 spiro atoms. The molecule has 2 aliphatic heterocycles. The van der Waals surface area contributed by atoms with Gasteiger partial charge in [-0.15, -0.1) is 0 Å². The molecule has 2 aliphatic rings. The molecule has 2 saturated heterocycles. The van der Waals surface area contributed by atoms with Crippen molar-refractivity contribution < 1.29 is 9.18 Å². The van der Waals surface area contributed by atoms with Gasteiger partial charge in [0.05, 0.1) is 10.9 Å². The summed E-state index contributed by atoms with van der Waals surface area (Å²) in [7, 11) is 0. The van der Waals surface area contributed by atoms with Gasteiger partial charge in [0.1, 0.15) is 30.2 Å². The van der Waals surface area contributed by atoms with E-state index in [1.54, 1.807) is 22.9 Å². The van der Waals surface area contributed by atoms with Gasteiger partial charge in [-0.1, -0.05) is 18.2 Å². The smallest absolute Gasteiger partial charge is 0.327 e. The zero-order chi connectivity index (χ0) is 27.2. The summed E-state index contributed by atoms with van der Waals surface area (Å²) in [5, 5.41) is 0.772. The van der Waals surface area contributed by atoms with Crippen LogP contribution in [0.15, 0.2) is 59.9 Å². The zero-order valence-electron chi connectivity index (χ0n) is 22.0. The lowest BCUT2D eigenvalue weighted by Gasteiger charge is -2.32. The summed E-state index contributed by atoms with van der Waals surface area (Å²) in [6.45, 7) is 2.93. The molecule has 0 radical (unpaired) electrons. The molecule has 4 aromatic heterocycles. The first-order valence-corrected chi connectivity index (χ1v) is 13.7. The summed E-state index contributed by atoms with van der Waals surface area (Å²) in [6, 6.07) is 10.4. The first kappa shape index (κ1) is 24.5. The molecule has 204 valence electrons. The van der Waals surface area contributed by atoms with Crippen molar-refractivity contribution >= 4 is 33.9 Å².